The number of esters is 3. The Labute approximate surface area is 189 Å². The average Bonchev–Trinajstić information content (AvgIpc) is 3.34. The Morgan fingerprint density at radius 1 is 1.12 bits per heavy atom. The quantitative estimate of drug-likeness (QED) is 0.469. The third kappa shape index (κ3) is 5.08. The molecule has 9 nitrogen and oxygen atoms in total. The van der Waals surface area contributed by atoms with Crippen molar-refractivity contribution in [3.63, 3.8) is 0 Å². The molecule has 3 rings (SSSR count). The topological polar surface area (TPSA) is 125 Å². The minimum atomic E-state index is -0.747. The van der Waals surface area contributed by atoms with Gasteiger partial charge in [-0.25, -0.2) is 9.59 Å². The highest BCUT2D eigenvalue weighted by atomic mass is 32.1. The van der Waals surface area contributed by atoms with Crippen LogP contribution in [0.15, 0.2) is 30.3 Å². The van der Waals surface area contributed by atoms with E-state index < -0.39 is 23.8 Å². The summed E-state index contributed by atoms with van der Waals surface area (Å²) >= 11 is 0.855. The SMILES string of the molecule is COC(=O)c1sc(N)c(C(=O)OC)c1COC(=O)[C@H]1CC(=O)N(CCc2ccccc2)C1. The van der Waals surface area contributed by atoms with Crippen LogP contribution >= 0.6 is 11.3 Å². The summed E-state index contributed by atoms with van der Waals surface area (Å²) in [5.74, 6) is -2.78. The number of ether oxygens (including phenoxy) is 3. The lowest BCUT2D eigenvalue weighted by atomic mass is 10.1. The summed E-state index contributed by atoms with van der Waals surface area (Å²) < 4.78 is 14.8. The third-order valence-electron chi connectivity index (χ3n) is 5.21. The number of carbonyl (C=O) groups is 4. The maximum absolute atomic E-state index is 12.6. The van der Waals surface area contributed by atoms with Crippen LogP contribution in [-0.4, -0.2) is 56.0 Å². The van der Waals surface area contributed by atoms with Crippen LogP contribution in [0.4, 0.5) is 5.00 Å². The number of hydrogen-bond donors (Lipinski definition) is 1. The van der Waals surface area contributed by atoms with Crippen LogP contribution in [-0.2, 0) is 36.8 Å². The molecule has 1 saturated heterocycles. The minimum absolute atomic E-state index is 0.0299. The van der Waals surface area contributed by atoms with Crippen LogP contribution in [0, 0.1) is 5.92 Å². The molecule has 1 aliphatic rings. The summed E-state index contributed by atoms with van der Waals surface area (Å²) in [6.07, 6.45) is 0.737. The predicted molar refractivity (Wildman–Crippen MR) is 116 cm³/mol. The second-order valence-electron chi connectivity index (χ2n) is 7.22. The normalized spacial score (nSPS) is 15.5. The smallest absolute Gasteiger partial charge is 0.348 e. The van der Waals surface area contributed by atoms with Gasteiger partial charge in [-0.05, 0) is 12.0 Å². The number of likely N-dealkylation sites (tertiary alicyclic amines) is 1. The molecule has 0 radical (unpaired) electrons. The molecule has 0 spiro atoms. The van der Waals surface area contributed by atoms with Crippen LogP contribution in [0.3, 0.4) is 0 Å². The van der Waals surface area contributed by atoms with E-state index in [1.54, 1.807) is 4.90 Å². The molecule has 10 heteroatoms. The van der Waals surface area contributed by atoms with Crippen molar-refractivity contribution in [2.75, 3.05) is 33.0 Å². The third-order valence-corrected chi connectivity index (χ3v) is 6.26. The number of nitrogens with two attached hydrogens (primary N) is 1. The predicted octanol–water partition coefficient (Wildman–Crippen LogP) is 2.04. The number of anilines is 1. The zero-order valence-corrected chi connectivity index (χ0v) is 18.6. The van der Waals surface area contributed by atoms with Crippen LogP contribution < -0.4 is 5.73 Å². The number of methoxy groups -OCH3 is 2. The summed E-state index contributed by atoms with van der Waals surface area (Å²) in [5, 5.41) is 0.0615. The Morgan fingerprint density at radius 2 is 1.81 bits per heavy atom. The summed E-state index contributed by atoms with van der Waals surface area (Å²) in [4.78, 5) is 50.9. The first-order valence-corrected chi connectivity index (χ1v) is 10.7. The molecule has 1 aromatic heterocycles. The van der Waals surface area contributed by atoms with Gasteiger partial charge in [0.25, 0.3) is 0 Å². The van der Waals surface area contributed by atoms with E-state index in [1.807, 2.05) is 30.3 Å². The van der Waals surface area contributed by atoms with Gasteiger partial charge in [-0.2, -0.15) is 0 Å². The molecule has 1 aromatic carbocycles. The number of carbonyl (C=O) groups excluding carboxylic acids is 4. The van der Waals surface area contributed by atoms with Gasteiger partial charge in [0.05, 0.1) is 20.1 Å². The molecule has 32 heavy (non-hydrogen) atoms. The van der Waals surface area contributed by atoms with Gasteiger partial charge >= 0.3 is 17.9 Å². The zero-order valence-electron chi connectivity index (χ0n) is 17.8. The first kappa shape index (κ1) is 23.3. The molecular formula is C22H24N2O7S. The Balaban J connectivity index is 1.65. The lowest BCUT2D eigenvalue weighted by molar-refractivity contribution is -0.149. The molecule has 2 heterocycles. The van der Waals surface area contributed by atoms with Crippen molar-refractivity contribution in [1.29, 1.82) is 0 Å². The van der Waals surface area contributed by atoms with E-state index in [0.29, 0.717) is 13.0 Å². The summed E-state index contributed by atoms with van der Waals surface area (Å²) in [6, 6.07) is 9.76. The van der Waals surface area contributed by atoms with Gasteiger partial charge in [0.2, 0.25) is 5.91 Å². The maximum atomic E-state index is 12.6. The van der Waals surface area contributed by atoms with Crippen molar-refractivity contribution >= 4 is 40.2 Å². The molecule has 1 aliphatic heterocycles. The summed E-state index contributed by atoms with van der Waals surface area (Å²) in [7, 11) is 2.38. The number of nitrogen functional groups attached to an aromatic ring is 1. The van der Waals surface area contributed by atoms with Crippen molar-refractivity contribution in [2.24, 2.45) is 5.92 Å². The lowest BCUT2D eigenvalue weighted by Gasteiger charge is -2.16. The number of rotatable bonds is 8. The second kappa shape index (κ2) is 10.3. The molecule has 1 atom stereocenters. The number of hydrogen-bond acceptors (Lipinski definition) is 9. The fourth-order valence-electron chi connectivity index (χ4n) is 3.52. The molecule has 0 aliphatic carbocycles. The van der Waals surface area contributed by atoms with Crippen molar-refractivity contribution < 1.29 is 33.4 Å². The van der Waals surface area contributed by atoms with E-state index in [2.05, 4.69) is 0 Å². The largest absolute Gasteiger partial charge is 0.465 e. The Bertz CT molecular complexity index is 1020. The molecule has 0 saturated carbocycles. The van der Waals surface area contributed by atoms with Crippen molar-refractivity contribution in [3.8, 4) is 0 Å². The average molecular weight is 461 g/mol. The molecule has 1 amide bonds. The van der Waals surface area contributed by atoms with E-state index >= 15 is 0 Å². The highest BCUT2D eigenvalue weighted by Gasteiger charge is 2.36. The molecule has 0 unspecified atom stereocenters. The zero-order chi connectivity index (χ0) is 23.3. The number of amides is 1. The van der Waals surface area contributed by atoms with Gasteiger partial charge in [-0.3, -0.25) is 9.59 Å². The lowest BCUT2D eigenvalue weighted by Crippen LogP contribution is -2.29. The van der Waals surface area contributed by atoms with Gasteiger partial charge in [0.15, 0.2) is 0 Å². The number of thiophene rings is 1. The van der Waals surface area contributed by atoms with Gasteiger partial charge in [0.1, 0.15) is 22.0 Å². The first-order valence-electron chi connectivity index (χ1n) is 9.91. The van der Waals surface area contributed by atoms with Crippen LogP contribution in [0.5, 0.6) is 0 Å². The van der Waals surface area contributed by atoms with Crippen LogP contribution in [0.1, 0.15) is 37.6 Å². The highest BCUT2D eigenvalue weighted by molar-refractivity contribution is 7.18. The molecule has 2 aromatic rings. The first-order chi connectivity index (χ1) is 15.3. The molecule has 170 valence electrons. The van der Waals surface area contributed by atoms with E-state index in [9.17, 15) is 19.2 Å². The monoisotopic (exact) mass is 460 g/mol. The van der Waals surface area contributed by atoms with Gasteiger partial charge in [-0.1, -0.05) is 30.3 Å². The van der Waals surface area contributed by atoms with Crippen molar-refractivity contribution in [3.05, 3.63) is 51.9 Å². The van der Waals surface area contributed by atoms with Crippen molar-refractivity contribution in [2.45, 2.75) is 19.4 Å². The molecule has 0 bridgehead atoms. The van der Waals surface area contributed by atoms with E-state index in [1.165, 1.54) is 14.2 Å². The van der Waals surface area contributed by atoms with E-state index in [-0.39, 0.29) is 46.5 Å². The Hall–Kier alpha value is -3.40. The molecule has 2 N–H and O–H groups in total. The second-order valence-corrected chi connectivity index (χ2v) is 8.27. The summed E-state index contributed by atoms with van der Waals surface area (Å²) in [6.45, 7) is 0.396. The molecule has 1 fully saturated rings. The van der Waals surface area contributed by atoms with Crippen LogP contribution in [0.2, 0.25) is 0 Å². The number of benzene rings is 1. The van der Waals surface area contributed by atoms with E-state index in [4.69, 9.17) is 19.9 Å². The maximum Gasteiger partial charge on any atom is 0.348 e. The van der Waals surface area contributed by atoms with Gasteiger partial charge in [-0.15, -0.1) is 11.3 Å². The fourth-order valence-corrected chi connectivity index (χ4v) is 4.50. The van der Waals surface area contributed by atoms with Gasteiger partial charge < -0.3 is 24.8 Å². The minimum Gasteiger partial charge on any atom is -0.465 e. The molecular weight excluding hydrogens is 436 g/mol. The Kier molecular flexibility index (Phi) is 7.47. The Morgan fingerprint density at radius 3 is 2.47 bits per heavy atom. The van der Waals surface area contributed by atoms with Gasteiger partial charge in [0, 0.05) is 25.1 Å². The van der Waals surface area contributed by atoms with E-state index in [0.717, 1.165) is 16.9 Å². The van der Waals surface area contributed by atoms with Crippen molar-refractivity contribution in [1.82, 2.24) is 4.90 Å². The fraction of sp³-hybridized carbons (Fsp3) is 0.364. The summed E-state index contributed by atoms with van der Waals surface area (Å²) in [5.41, 5.74) is 7.08. The van der Waals surface area contributed by atoms with Crippen LogP contribution in [0.25, 0.3) is 0 Å². The highest BCUT2D eigenvalue weighted by Crippen LogP contribution is 2.33. The standard InChI is InChI=1S/C22H24N2O7S/c1-29-21(27)17-15(18(22(28)30-2)32-19(17)23)12-31-20(26)14-10-16(25)24(11-14)9-8-13-6-4-3-5-7-13/h3-7,14H,8-12,23H2,1-2H3/t14-/m0/s1. The number of nitrogens with zero attached hydrogens (tertiary/aromatic N) is 1.